The van der Waals surface area contributed by atoms with Crippen molar-refractivity contribution >= 4 is 15.7 Å². The Labute approximate surface area is 119 Å². The van der Waals surface area contributed by atoms with Gasteiger partial charge in [0.25, 0.3) is 0 Å². The first-order valence-corrected chi connectivity index (χ1v) is 8.36. The number of hydrogen-bond acceptors (Lipinski definition) is 3. The third kappa shape index (κ3) is 5.69. The first-order valence-electron chi connectivity index (χ1n) is 6.70. The molecule has 0 radical (unpaired) electrons. The molecule has 0 aliphatic carbocycles. The van der Waals surface area contributed by atoms with Crippen LogP contribution in [0.15, 0.2) is 29.2 Å². The topological polar surface area (TPSA) is 63.2 Å². The van der Waals surface area contributed by atoms with Gasteiger partial charge in [0.05, 0.1) is 10.6 Å². The van der Waals surface area contributed by atoms with Crippen LogP contribution in [0.3, 0.4) is 0 Å². The number of rotatable bonds is 8. The van der Waals surface area contributed by atoms with Crippen LogP contribution < -0.4 is 5.32 Å². The molecule has 112 valence electrons. The average molecular weight is 301 g/mol. The van der Waals surface area contributed by atoms with Crippen LogP contribution in [0.4, 0.5) is 4.39 Å². The van der Waals surface area contributed by atoms with Gasteiger partial charge >= 0.3 is 0 Å². The Kier molecular flexibility index (Phi) is 6.64. The van der Waals surface area contributed by atoms with Crippen molar-refractivity contribution in [2.24, 2.45) is 0 Å². The lowest BCUT2D eigenvalue weighted by Gasteiger charge is -2.06. The molecule has 1 N–H and O–H groups in total. The average Bonchev–Trinajstić information content (AvgIpc) is 2.39. The molecule has 1 amide bonds. The summed E-state index contributed by atoms with van der Waals surface area (Å²) in [6, 6.07) is 4.67. The second-order valence-corrected chi connectivity index (χ2v) is 6.69. The van der Waals surface area contributed by atoms with E-state index >= 15 is 0 Å². The number of sulfone groups is 1. The second kappa shape index (κ2) is 7.99. The monoisotopic (exact) mass is 301 g/mol. The van der Waals surface area contributed by atoms with Gasteiger partial charge in [-0.1, -0.05) is 19.8 Å². The number of carbonyl (C=O) groups excluding carboxylic acids is 1. The maximum atomic E-state index is 12.7. The predicted molar refractivity (Wildman–Crippen MR) is 75.6 cm³/mol. The Hall–Kier alpha value is -1.43. The molecule has 0 aromatic heterocycles. The third-order valence-corrected chi connectivity index (χ3v) is 4.61. The SMILES string of the molecule is CCCCCC(=O)NCCS(=O)(=O)c1ccc(F)cc1. The molecule has 0 aliphatic heterocycles. The normalized spacial score (nSPS) is 11.3. The van der Waals surface area contributed by atoms with E-state index in [2.05, 4.69) is 5.32 Å². The van der Waals surface area contributed by atoms with Gasteiger partial charge in [0.1, 0.15) is 5.82 Å². The fraction of sp³-hybridized carbons (Fsp3) is 0.500. The van der Waals surface area contributed by atoms with E-state index in [1.165, 1.54) is 12.1 Å². The van der Waals surface area contributed by atoms with Crippen molar-refractivity contribution in [3.8, 4) is 0 Å². The van der Waals surface area contributed by atoms with Gasteiger partial charge in [0.2, 0.25) is 5.91 Å². The maximum absolute atomic E-state index is 12.7. The number of amides is 1. The van der Waals surface area contributed by atoms with E-state index in [4.69, 9.17) is 0 Å². The molecule has 0 bridgehead atoms. The van der Waals surface area contributed by atoms with Crippen LogP contribution in [-0.2, 0) is 14.6 Å². The highest BCUT2D eigenvalue weighted by atomic mass is 32.2. The van der Waals surface area contributed by atoms with Crippen LogP contribution >= 0.6 is 0 Å². The van der Waals surface area contributed by atoms with Crippen LogP contribution in [0.25, 0.3) is 0 Å². The van der Waals surface area contributed by atoms with Crippen molar-refractivity contribution in [1.82, 2.24) is 5.32 Å². The first-order chi connectivity index (χ1) is 9.45. The van der Waals surface area contributed by atoms with Crippen molar-refractivity contribution in [2.75, 3.05) is 12.3 Å². The molecule has 1 aromatic rings. The van der Waals surface area contributed by atoms with Gasteiger partial charge in [0.15, 0.2) is 9.84 Å². The maximum Gasteiger partial charge on any atom is 0.220 e. The highest BCUT2D eigenvalue weighted by Gasteiger charge is 2.14. The summed E-state index contributed by atoms with van der Waals surface area (Å²) in [5, 5.41) is 2.59. The lowest BCUT2D eigenvalue weighted by atomic mass is 10.2. The van der Waals surface area contributed by atoms with Crippen molar-refractivity contribution in [1.29, 1.82) is 0 Å². The summed E-state index contributed by atoms with van der Waals surface area (Å²) < 4.78 is 36.6. The van der Waals surface area contributed by atoms with Crippen molar-refractivity contribution < 1.29 is 17.6 Å². The third-order valence-electron chi connectivity index (χ3n) is 2.87. The van der Waals surface area contributed by atoms with Gasteiger partial charge in [-0.05, 0) is 30.7 Å². The zero-order valence-electron chi connectivity index (χ0n) is 11.6. The van der Waals surface area contributed by atoms with Gasteiger partial charge in [0, 0.05) is 13.0 Å². The molecule has 4 nitrogen and oxygen atoms in total. The Balaban J connectivity index is 2.40. The predicted octanol–water partition coefficient (Wildman–Crippen LogP) is 2.30. The first kappa shape index (κ1) is 16.6. The number of benzene rings is 1. The molecule has 0 saturated carbocycles. The molecule has 1 rings (SSSR count). The van der Waals surface area contributed by atoms with E-state index in [0.717, 1.165) is 31.4 Å². The van der Waals surface area contributed by atoms with E-state index in [1.54, 1.807) is 0 Å². The molecule has 1 aromatic carbocycles. The standard InChI is InChI=1S/C14H20FNO3S/c1-2-3-4-5-14(17)16-10-11-20(18,19)13-8-6-12(15)7-9-13/h6-9H,2-5,10-11H2,1H3,(H,16,17). The molecule has 0 spiro atoms. The van der Waals surface area contributed by atoms with E-state index in [-0.39, 0.29) is 23.1 Å². The van der Waals surface area contributed by atoms with Crippen LogP contribution in [0.2, 0.25) is 0 Å². The molecule has 0 fully saturated rings. The molecule has 20 heavy (non-hydrogen) atoms. The minimum Gasteiger partial charge on any atom is -0.355 e. The zero-order valence-corrected chi connectivity index (χ0v) is 12.4. The van der Waals surface area contributed by atoms with Crippen molar-refractivity contribution in [3.05, 3.63) is 30.1 Å². The van der Waals surface area contributed by atoms with E-state index < -0.39 is 15.7 Å². The van der Waals surface area contributed by atoms with E-state index in [9.17, 15) is 17.6 Å². The van der Waals surface area contributed by atoms with Gasteiger partial charge in [-0.2, -0.15) is 0 Å². The molecule has 0 unspecified atom stereocenters. The molecule has 0 heterocycles. The van der Waals surface area contributed by atoms with Gasteiger partial charge in [-0.15, -0.1) is 0 Å². The van der Waals surface area contributed by atoms with Crippen molar-refractivity contribution in [3.63, 3.8) is 0 Å². The largest absolute Gasteiger partial charge is 0.355 e. The minimum atomic E-state index is -3.48. The summed E-state index contributed by atoms with van der Waals surface area (Å²) in [4.78, 5) is 11.5. The highest BCUT2D eigenvalue weighted by Crippen LogP contribution is 2.11. The van der Waals surface area contributed by atoms with Crippen LogP contribution in [-0.4, -0.2) is 26.6 Å². The molecule has 0 atom stereocenters. The minimum absolute atomic E-state index is 0.0686. The molecular formula is C14H20FNO3S. The Morgan fingerprint density at radius 2 is 1.85 bits per heavy atom. The van der Waals surface area contributed by atoms with Crippen LogP contribution in [0.1, 0.15) is 32.6 Å². The second-order valence-electron chi connectivity index (χ2n) is 4.58. The Bertz CT molecular complexity index is 526. The fourth-order valence-electron chi connectivity index (χ4n) is 1.71. The number of unbranched alkanes of at least 4 members (excludes halogenated alkanes) is 2. The zero-order chi connectivity index (χ0) is 15.0. The number of nitrogens with one attached hydrogen (secondary N) is 1. The summed E-state index contributed by atoms with van der Waals surface area (Å²) in [5.74, 6) is -0.793. The fourth-order valence-corrected chi connectivity index (χ4v) is 2.87. The Morgan fingerprint density at radius 1 is 1.20 bits per heavy atom. The van der Waals surface area contributed by atoms with Gasteiger partial charge < -0.3 is 5.32 Å². The van der Waals surface area contributed by atoms with Gasteiger partial charge in [-0.3, -0.25) is 4.79 Å². The summed E-state index contributed by atoms with van der Waals surface area (Å²) in [5.41, 5.74) is 0. The lowest BCUT2D eigenvalue weighted by Crippen LogP contribution is -2.28. The van der Waals surface area contributed by atoms with Gasteiger partial charge in [-0.25, -0.2) is 12.8 Å². The number of carbonyl (C=O) groups is 1. The van der Waals surface area contributed by atoms with E-state index in [1.807, 2.05) is 6.92 Å². The van der Waals surface area contributed by atoms with E-state index in [0.29, 0.717) is 6.42 Å². The van der Waals surface area contributed by atoms with Crippen LogP contribution in [0, 0.1) is 5.82 Å². The molecular weight excluding hydrogens is 281 g/mol. The summed E-state index contributed by atoms with van der Waals surface area (Å²) in [7, 11) is -3.48. The smallest absolute Gasteiger partial charge is 0.220 e. The molecule has 0 saturated heterocycles. The quantitative estimate of drug-likeness (QED) is 0.592. The van der Waals surface area contributed by atoms with Crippen molar-refractivity contribution in [2.45, 2.75) is 37.5 Å². The highest BCUT2D eigenvalue weighted by molar-refractivity contribution is 7.91. The lowest BCUT2D eigenvalue weighted by molar-refractivity contribution is -0.121. The summed E-state index contributed by atoms with van der Waals surface area (Å²) in [6.07, 6.45) is 3.25. The molecule has 0 aliphatic rings. The number of hydrogen-bond donors (Lipinski definition) is 1. The number of halogens is 1. The Morgan fingerprint density at radius 3 is 2.45 bits per heavy atom. The summed E-state index contributed by atoms with van der Waals surface area (Å²) in [6.45, 7) is 2.12. The summed E-state index contributed by atoms with van der Waals surface area (Å²) >= 11 is 0. The van der Waals surface area contributed by atoms with Crippen LogP contribution in [0.5, 0.6) is 0 Å². The molecule has 6 heteroatoms.